The number of aliphatic imine (C=N–C) groups is 1. The monoisotopic (exact) mass is 228 g/mol. The number of hydrogen-bond acceptors (Lipinski definition) is 3. The molecule has 1 aliphatic heterocycles. The van der Waals surface area contributed by atoms with Crippen molar-refractivity contribution in [2.24, 2.45) is 4.99 Å². The summed E-state index contributed by atoms with van der Waals surface area (Å²) in [7, 11) is 2.07. The highest BCUT2D eigenvalue weighted by atomic mass is 15.3. The van der Waals surface area contributed by atoms with Gasteiger partial charge in [-0.05, 0) is 25.1 Å². The zero-order chi connectivity index (χ0) is 12.3. The highest BCUT2D eigenvalue weighted by Crippen LogP contribution is 2.32. The summed E-state index contributed by atoms with van der Waals surface area (Å²) in [5.41, 5.74) is 2.90. The van der Waals surface area contributed by atoms with Crippen molar-refractivity contribution in [3.05, 3.63) is 23.8 Å². The van der Waals surface area contributed by atoms with Crippen LogP contribution in [0.5, 0.6) is 0 Å². The van der Waals surface area contributed by atoms with E-state index in [2.05, 4.69) is 27.9 Å². The van der Waals surface area contributed by atoms with Gasteiger partial charge in [-0.15, -0.1) is 0 Å². The number of likely N-dealkylation sites (N-methyl/N-ethyl adjacent to an activating group) is 1. The van der Waals surface area contributed by atoms with Gasteiger partial charge in [-0.2, -0.15) is 5.26 Å². The Kier molecular flexibility index (Phi) is 3.29. The summed E-state index contributed by atoms with van der Waals surface area (Å²) in [6.45, 7) is 4.66. The van der Waals surface area contributed by atoms with Crippen LogP contribution in [-0.4, -0.2) is 33.0 Å². The van der Waals surface area contributed by atoms with Gasteiger partial charge in [-0.25, -0.2) is 0 Å². The van der Waals surface area contributed by atoms with Crippen LogP contribution in [0.2, 0.25) is 0 Å². The molecule has 0 aliphatic carbocycles. The molecule has 0 bridgehead atoms. The van der Waals surface area contributed by atoms with Gasteiger partial charge in [0.1, 0.15) is 0 Å². The van der Waals surface area contributed by atoms with Crippen LogP contribution in [0.15, 0.2) is 23.2 Å². The Morgan fingerprint density at radius 2 is 2.24 bits per heavy atom. The van der Waals surface area contributed by atoms with Crippen LogP contribution < -0.4 is 9.80 Å². The smallest absolute Gasteiger partial charge is 0.0992 e. The maximum absolute atomic E-state index is 8.95. The maximum Gasteiger partial charge on any atom is 0.0992 e. The van der Waals surface area contributed by atoms with E-state index in [9.17, 15) is 0 Å². The number of fused-ring (bicyclic) bond motifs is 1. The summed E-state index contributed by atoms with van der Waals surface area (Å²) < 4.78 is 0. The van der Waals surface area contributed by atoms with Gasteiger partial charge in [-0.1, -0.05) is 0 Å². The van der Waals surface area contributed by atoms with Gasteiger partial charge >= 0.3 is 0 Å². The first kappa shape index (κ1) is 11.5. The molecule has 0 N–H and O–H groups in total. The van der Waals surface area contributed by atoms with Gasteiger partial charge in [0, 0.05) is 26.7 Å². The standard InChI is InChI=1S/C13H16N4/c1-3-15-10-17-7-6-16(2)12-5-4-11(9-14)8-13(12)17/h4-5,8,10H,3,6-7H2,1-2H3. The molecule has 0 saturated heterocycles. The molecule has 0 spiro atoms. The number of hydrogen-bond donors (Lipinski definition) is 0. The molecule has 0 amide bonds. The summed E-state index contributed by atoms with van der Waals surface area (Å²) in [6.07, 6.45) is 1.87. The highest BCUT2D eigenvalue weighted by molar-refractivity contribution is 5.88. The van der Waals surface area contributed by atoms with Crippen LogP contribution >= 0.6 is 0 Å². The Balaban J connectivity index is 2.42. The predicted octanol–water partition coefficient (Wildman–Crippen LogP) is 1.86. The highest BCUT2D eigenvalue weighted by Gasteiger charge is 2.19. The third-order valence-corrected chi connectivity index (χ3v) is 2.91. The summed E-state index contributed by atoms with van der Waals surface area (Å²) in [5, 5.41) is 8.95. The normalized spacial score (nSPS) is 14.9. The molecule has 0 atom stereocenters. The van der Waals surface area contributed by atoms with Crippen LogP contribution in [0.25, 0.3) is 0 Å². The molecule has 1 aromatic carbocycles. The van der Waals surface area contributed by atoms with E-state index >= 15 is 0 Å². The summed E-state index contributed by atoms with van der Waals surface area (Å²) in [5.74, 6) is 0. The van der Waals surface area contributed by atoms with Crippen LogP contribution in [0.3, 0.4) is 0 Å². The first-order chi connectivity index (χ1) is 8.26. The minimum Gasteiger partial charge on any atom is -0.371 e. The van der Waals surface area contributed by atoms with Crippen molar-refractivity contribution in [3.8, 4) is 6.07 Å². The second-order valence-corrected chi connectivity index (χ2v) is 4.04. The van der Waals surface area contributed by atoms with Gasteiger partial charge in [-0.3, -0.25) is 4.99 Å². The number of benzene rings is 1. The van der Waals surface area contributed by atoms with E-state index in [1.54, 1.807) is 0 Å². The molecular formula is C13H16N4. The van der Waals surface area contributed by atoms with Crippen molar-refractivity contribution in [2.45, 2.75) is 6.92 Å². The fourth-order valence-corrected chi connectivity index (χ4v) is 1.94. The average molecular weight is 228 g/mol. The van der Waals surface area contributed by atoms with Crippen molar-refractivity contribution in [1.29, 1.82) is 5.26 Å². The molecule has 1 aromatic rings. The van der Waals surface area contributed by atoms with Gasteiger partial charge in [0.05, 0.1) is 29.3 Å². The van der Waals surface area contributed by atoms with Gasteiger partial charge < -0.3 is 9.80 Å². The van der Waals surface area contributed by atoms with E-state index in [0.717, 1.165) is 31.0 Å². The zero-order valence-corrected chi connectivity index (χ0v) is 10.2. The Hall–Kier alpha value is -2.02. The molecular weight excluding hydrogens is 212 g/mol. The lowest BCUT2D eigenvalue weighted by molar-refractivity contribution is 0.837. The predicted molar refractivity (Wildman–Crippen MR) is 70.8 cm³/mol. The van der Waals surface area contributed by atoms with Crippen molar-refractivity contribution >= 4 is 17.7 Å². The summed E-state index contributed by atoms with van der Waals surface area (Å²) in [4.78, 5) is 8.59. The Morgan fingerprint density at radius 3 is 2.94 bits per heavy atom. The molecule has 0 radical (unpaired) electrons. The van der Waals surface area contributed by atoms with Gasteiger partial charge in [0.2, 0.25) is 0 Å². The topological polar surface area (TPSA) is 42.6 Å². The molecule has 1 aliphatic rings. The van der Waals surface area contributed by atoms with E-state index in [1.165, 1.54) is 0 Å². The molecule has 88 valence electrons. The van der Waals surface area contributed by atoms with Crippen LogP contribution in [0.1, 0.15) is 12.5 Å². The summed E-state index contributed by atoms with van der Waals surface area (Å²) >= 11 is 0. The lowest BCUT2D eigenvalue weighted by atomic mass is 10.1. The van der Waals surface area contributed by atoms with Crippen molar-refractivity contribution in [2.75, 3.05) is 36.5 Å². The van der Waals surface area contributed by atoms with E-state index in [1.807, 2.05) is 31.5 Å². The lowest BCUT2D eigenvalue weighted by Gasteiger charge is -2.34. The van der Waals surface area contributed by atoms with E-state index in [0.29, 0.717) is 5.56 Å². The minimum absolute atomic E-state index is 0.689. The van der Waals surface area contributed by atoms with E-state index < -0.39 is 0 Å². The Bertz CT molecular complexity index is 473. The van der Waals surface area contributed by atoms with Crippen LogP contribution in [0, 0.1) is 11.3 Å². The van der Waals surface area contributed by atoms with Crippen LogP contribution in [0.4, 0.5) is 11.4 Å². The number of nitriles is 1. The molecule has 4 heteroatoms. The maximum atomic E-state index is 8.95. The fraction of sp³-hybridized carbons (Fsp3) is 0.385. The second kappa shape index (κ2) is 4.88. The molecule has 0 aromatic heterocycles. The SMILES string of the molecule is CCN=CN1CCN(C)c2ccc(C#N)cc21. The lowest BCUT2D eigenvalue weighted by Crippen LogP contribution is -2.38. The Labute approximate surface area is 102 Å². The molecule has 0 saturated carbocycles. The van der Waals surface area contributed by atoms with E-state index in [4.69, 9.17) is 5.26 Å². The van der Waals surface area contributed by atoms with E-state index in [-0.39, 0.29) is 0 Å². The second-order valence-electron chi connectivity index (χ2n) is 4.04. The summed E-state index contributed by atoms with van der Waals surface area (Å²) in [6, 6.07) is 7.96. The average Bonchev–Trinajstić information content (AvgIpc) is 2.37. The number of nitrogens with zero attached hydrogens (tertiary/aromatic N) is 4. The van der Waals surface area contributed by atoms with Crippen molar-refractivity contribution in [3.63, 3.8) is 0 Å². The first-order valence-corrected chi connectivity index (χ1v) is 5.78. The quantitative estimate of drug-likeness (QED) is 0.573. The minimum atomic E-state index is 0.689. The van der Waals surface area contributed by atoms with Gasteiger partial charge in [0.15, 0.2) is 0 Å². The zero-order valence-electron chi connectivity index (χ0n) is 10.2. The molecule has 2 rings (SSSR count). The van der Waals surface area contributed by atoms with Crippen LogP contribution in [-0.2, 0) is 0 Å². The largest absolute Gasteiger partial charge is 0.371 e. The molecule has 0 fully saturated rings. The first-order valence-electron chi connectivity index (χ1n) is 5.78. The molecule has 17 heavy (non-hydrogen) atoms. The van der Waals surface area contributed by atoms with Gasteiger partial charge in [0.25, 0.3) is 0 Å². The third kappa shape index (κ3) is 2.23. The molecule has 0 unspecified atom stereocenters. The Morgan fingerprint density at radius 1 is 1.41 bits per heavy atom. The third-order valence-electron chi connectivity index (χ3n) is 2.91. The fourth-order valence-electron chi connectivity index (χ4n) is 1.94. The molecule has 1 heterocycles. The number of anilines is 2. The number of rotatable bonds is 2. The van der Waals surface area contributed by atoms with Crippen molar-refractivity contribution < 1.29 is 0 Å². The van der Waals surface area contributed by atoms with Crippen molar-refractivity contribution in [1.82, 2.24) is 0 Å². The molecule has 4 nitrogen and oxygen atoms in total.